The van der Waals surface area contributed by atoms with Crippen LogP contribution in [0.5, 0.6) is 0 Å². The Kier molecular flexibility index (Phi) is 7.47. The Hall–Kier alpha value is -2.34. The van der Waals surface area contributed by atoms with E-state index in [1.54, 1.807) is 0 Å². The summed E-state index contributed by atoms with van der Waals surface area (Å²) in [6, 6.07) is 30.6. The third kappa shape index (κ3) is 5.60. The van der Waals surface area contributed by atoms with Gasteiger partial charge in [-0.15, -0.1) is 24.0 Å². The Morgan fingerprint density at radius 1 is 0.760 bits per heavy atom. The molecule has 3 aromatic rings. The van der Waals surface area contributed by atoms with Gasteiger partial charge in [-0.1, -0.05) is 78.9 Å². The highest BCUT2D eigenvalue weighted by atomic mass is 127. The number of rotatable bonds is 5. The molecule has 3 rings (SSSR count). The van der Waals surface area contributed by atoms with Crippen molar-refractivity contribution in [3.63, 3.8) is 0 Å². The van der Waals surface area contributed by atoms with Crippen LogP contribution >= 0.6 is 24.0 Å². The fourth-order valence-corrected chi connectivity index (χ4v) is 2.67. The van der Waals surface area contributed by atoms with E-state index in [4.69, 9.17) is 5.73 Å². The van der Waals surface area contributed by atoms with Crippen molar-refractivity contribution in [3.05, 3.63) is 102 Å². The molecule has 3 nitrogen and oxygen atoms in total. The molecule has 0 saturated heterocycles. The number of hydrogen-bond acceptors (Lipinski definition) is 1. The zero-order chi connectivity index (χ0) is 16.6. The summed E-state index contributed by atoms with van der Waals surface area (Å²) in [5.41, 5.74) is 9.46. The van der Waals surface area contributed by atoms with Crippen LogP contribution in [0.25, 0.3) is 0 Å². The van der Waals surface area contributed by atoms with Gasteiger partial charge in [0.25, 0.3) is 0 Å². The normalized spacial score (nSPS) is 11.0. The first-order valence-electron chi connectivity index (χ1n) is 8.05. The lowest BCUT2D eigenvalue weighted by Crippen LogP contribution is -2.23. The smallest absolute Gasteiger partial charge is 0.193 e. The van der Waals surface area contributed by atoms with E-state index in [1.165, 1.54) is 11.1 Å². The Balaban J connectivity index is 0.00000225. The van der Waals surface area contributed by atoms with E-state index in [2.05, 4.69) is 58.8 Å². The van der Waals surface area contributed by atoms with Crippen molar-refractivity contribution < 1.29 is 0 Å². The van der Waals surface area contributed by atoms with Crippen LogP contribution in [0.2, 0.25) is 0 Å². The summed E-state index contributed by atoms with van der Waals surface area (Å²) in [7, 11) is 0. The van der Waals surface area contributed by atoms with Crippen LogP contribution < -0.4 is 11.1 Å². The number of para-hydroxylation sites is 1. The van der Waals surface area contributed by atoms with E-state index in [-0.39, 0.29) is 29.9 Å². The van der Waals surface area contributed by atoms with E-state index in [0.29, 0.717) is 12.5 Å². The number of nitrogens with zero attached hydrogens (tertiary/aromatic N) is 1. The van der Waals surface area contributed by atoms with Gasteiger partial charge in [-0.05, 0) is 23.3 Å². The lowest BCUT2D eigenvalue weighted by Gasteiger charge is -2.16. The first kappa shape index (κ1) is 19.0. The van der Waals surface area contributed by atoms with E-state index in [0.717, 1.165) is 5.69 Å². The second-order valence-electron chi connectivity index (χ2n) is 5.59. The number of halogens is 1. The average molecular weight is 443 g/mol. The molecule has 0 spiro atoms. The molecule has 3 N–H and O–H groups in total. The standard InChI is InChI=1S/C21H21N3.HI/c22-21(24-19-14-8-3-9-15-19)23-16-20(17-10-4-1-5-11-17)18-12-6-2-7-13-18;/h1-15,20H,16H2,(H3,22,23,24);1H. The Labute approximate surface area is 166 Å². The van der Waals surface area contributed by atoms with Crippen molar-refractivity contribution in [2.24, 2.45) is 10.7 Å². The van der Waals surface area contributed by atoms with Crippen LogP contribution in [0.4, 0.5) is 5.69 Å². The summed E-state index contributed by atoms with van der Waals surface area (Å²) in [4.78, 5) is 4.56. The molecule has 4 heteroatoms. The summed E-state index contributed by atoms with van der Waals surface area (Å²) >= 11 is 0. The molecule has 0 aromatic heterocycles. The second kappa shape index (κ2) is 9.84. The van der Waals surface area contributed by atoms with Gasteiger partial charge in [-0.3, -0.25) is 4.99 Å². The lowest BCUT2D eigenvalue weighted by molar-refractivity contribution is 0.819. The molecule has 0 radical (unpaired) electrons. The summed E-state index contributed by atoms with van der Waals surface area (Å²) in [5, 5.41) is 3.13. The lowest BCUT2D eigenvalue weighted by atomic mass is 9.91. The summed E-state index contributed by atoms with van der Waals surface area (Å²) in [6.45, 7) is 0.597. The van der Waals surface area contributed by atoms with Crippen molar-refractivity contribution in [1.29, 1.82) is 0 Å². The Morgan fingerprint density at radius 2 is 1.20 bits per heavy atom. The van der Waals surface area contributed by atoms with E-state index in [1.807, 2.05) is 42.5 Å². The summed E-state index contributed by atoms with van der Waals surface area (Å²) in [6.07, 6.45) is 0. The second-order valence-corrected chi connectivity index (χ2v) is 5.59. The van der Waals surface area contributed by atoms with Crippen LogP contribution in [-0.2, 0) is 0 Å². The third-order valence-corrected chi connectivity index (χ3v) is 3.89. The number of nitrogens with one attached hydrogen (secondary N) is 1. The molecular weight excluding hydrogens is 421 g/mol. The van der Waals surface area contributed by atoms with Crippen LogP contribution in [0, 0.1) is 0 Å². The van der Waals surface area contributed by atoms with Crippen LogP contribution in [0.15, 0.2) is 96.0 Å². The third-order valence-electron chi connectivity index (χ3n) is 3.89. The van der Waals surface area contributed by atoms with Crippen molar-refractivity contribution in [1.82, 2.24) is 0 Å². The van der Waals surface area contributed by atoms with Crippen molar-refractivity contribution >= 4 is 35.6 Å². The maximum Gasteiger partial charge on any atom is 0.193 e. The van der Waals surface area contributed by atoms with Gasteiger partial charge >= 0.3 is 0 Å². The van der Waals surface area contributed by atoms with E-state index < -0.39 is 0 Å². The summed E-state index contributed by atoms with van der Waals surface area (Å²) in [5.74, 6) is 0.613. The molecule has 25 heavy (non-hydrogen) atoms. The Morgan fingerprint density at radius 3 is 1.68 bits per heavy atom. The molecule has 0 aliphatic heterocycles. The van der Waals surface area contributed by atoms with Gasteiger partial charge in [0, 0.05) is 11.6 Å². The van der Waals surface area contributed by atoms with Gasteiger partial charge in [-0.2, -0.15) is 0 Å². The molecule has 128 valence electrons. The highest BCUT2D eigenvalue weighted by Crippen LogP contribution is 2.24. The van der Waals surface area contributed by atoms with Crippen molar-refractivity contribution in [2.75, 3.05) is 11.9 Å². The van der Waals surface area contributed by atoms with Gasteiger partial charge in [0.15, 0.2) is 5.96 Å². The molecule has 0 atom stereocenters. The summed E-state index contributed by atoms with van der Waals surface area (Å²) < 4.78 is 0. The largest absolute Gasteiger partial charge is 0.370 e. The fourth-order valence-electron chi connectivity index (χ4n) is 2.67. The molecule has 0 unspecified atom stereocenters. The van der Waals surface area contributed by atoms with Gasteiger partial charge in [0.05, 0.1) is 6.54 Å². The number of benzene rings is 3. The average Bonchev–Trinajstić information content (AvgIpc) is 2.64. The quantitative estimate of drug-likeness (QED) is 0.336. The van der Waals surface area contributed by atoms with Crippen molar-refractivity contribution in [3.8, 4) is 0 Å². The zero-order valence-corrected chi connectivity index (χ0v) is 16.2. The maximum atomic E-state index is 6.05. The van der Waals surface area contributed by atoms with Crippen molar-refractivity contribution in [2.45, 2.75) is 5.92 Å². The zero-order valence-electron chi connectivity index (χ0n) is 13.9. The van der Waals surface area contributed by atoms with Crippen LogP contribution in [-0.4, -0.2) is 12.5 Å². The van der Waals surface area contributed by atoms with Crippen LogP contribution in [0.3, 0.4) is 0 Å². The molecular formula is C21H22IN3. The first-order valence-corrected chi connectivity index (χ1v) is 8.05. The predicted octanol–water partition coefficient (Wildman–Crippen LogP) is 4.86. The van der Waals surface area contributed by atoms with Gasteiger partial charge in [0.2, 0.25) is 0 Å². The highest BCUT2D eigenvalue weighted by molar-refractivity contribution is 14.0. The topological polar surface area (TPSA) is 50.4 Å². The Bertz CT molecular complexity index is 735. The van der Waals surface area contributed by atoms with Crippen LogP contribution in [0.1, 0.15) is 17.0 Å². The fraction of sp³-hybridized carbons (Fsp3) is 0.0952. The molecule has 0 fully saturated rings. The minimum atomic E-state index is 0. The number of aliphatic imine (C=N–C) groups is 1. The molecule has 0 saturated carbocycles. The maximum absolute atomic E-state index is 6.05. The van der Waals surface area contributed by atoms with Gasteiger partial charge in [0.1, 0.15) is 0 Å². The molecule has 0 bridgehead atoms. The molecule has 3 aromatic carbocycles. The SMILES string of the molecule is I.NC(=NCC(c1ccccc1)c1ccccc1)Nc1ccccc1. The molecule has 0 amide bonds. The molecule has 0 heterocycles. The van der Waals surface area contributed by atoms with E-state index >= 15 is 0 Å². The number of nitrogens with two attached hydrogens (primary N) is 1. The van der Waals surface area contributed by atoms with Gasteiger partial charge < -0.3 is 11.1 Å². The van der Waals surface area contributed by atoms with Gasteiger partial charge in [-0.25, -0.2) is 0 Å². The first-order chi connectivity index (χ1) is 11.8. The number of hydrogen-bond donors (Lipinski definition) is 2. The number of anilines is 1. The molecule has 0 aliphatic carbocycles. The minimum Gasteiger partial charge on any atom is -0.370 e. The monoisotopic (exact) mass is 443 g/mol. The van der Waals surface area contributed by atoms with E-state index in [9.17, 15) is 0 Å². The predicted molar refractivity (Wildman–Crippen MR) is 117 cm³/mol. The highest BCUT2D eigenvalue weighted by Gasteiger charge is 2.13. The molecule has 0 aliphatic rings. The number of guanidine groups is 1. The minimum absolute atomic E-state index is 0.